The Balaban J connectivity index is 2.81. The largest absolute Gasteiger partial charge is 0.480 e. The average molecular weight is 185 g/mol. The smallest absolute Gasteiger partial charge is 0.321 e. The van der Waals surface area contributed by atoms with Gasteiger partial charge in [-0.05, 0) is 37.6 Å². The van der Waals surface area contributed by atoms with Gasteiger partial charge in [0.25, 0.3) is 0 Å². The third-order valence-corrected chi connectivity index (χ3v) is 3.47. The van der Waals surface area contributed by atoms with E-state index in [1.807, 2.05) is 0 Å². The third kappa shape index (κ3) is 1.85. The first kappa shape index (κ1) is 10.5. The van der Waals surface area contributed by atoms with Gasteiger partial charge in [0, 0.05) is 0 Å². The average Bonchev–Trinajstić information content (AvgIpc) is 2.17. The van der Waals surface area contributed by atoms with Crippen LogP contribution in [-0.2, 0) is 4.79 Å². The molecule has 0 aromatic heterocycles. The zero-order chi connectivity index (χ0) is 9.90. The molecule has 1 fully saturated rings. The van der Waals surface area contributed by atoms with Gasteiger partial charge in [0.15, 0.2) is 0 Å². The summed E-state index contributed by atoms with van der Waals surface area (Å²) < 4.78 is 0. The van der Waals surface area contributed by atoms with E-state index >= 15 is 0 Å². The number of hydrogen-bond acceptors (Lipinski definition) is 2. The number of carboxylic acid groups (broad SMARTS) is 1. The normalized spacial score (nSPS) is 27.1. The van der Waals surface area contributed by atoms with Gasteiger partial charge in [-0.3, -0.25) is 4.79 Å². The summed E-state index contributed by atoms with van der Waals surface area (Å²) in [5, 5.41) is 12.2. The van der Waals surface area contributed by atoms with Crippen LogP contribution >= 0.6 is 0 Å². The highest BCUT2D eigenvalue weighted by atomic mass is 16.4. The molecule has 0 radical (unpaired) electrons. The van der Waals surface area contributed by atoms with Crippen LogP contribution in [0.1, 0.15) is 39.5 Å². The summed E-state index contributed by atoms with van der Waals surface area (Å²) in [5.41, 5.74) is -0.00984. The summed E-state index contributed by atoms with van der Waals surface area (Å²) in [6.07, 6.45) is 4.05. The first-order valence-corrected chi connectivity index (χ1v) is 5.12. The summed E-state index contributed by atoms with van der Waals surface area (Å²) in [7, 11) is 0. The van der Waals surface area contributed by atoms with Crippen LogP contribution in [0.4, 0.5) is 0 Å². The number of rotatable bonds is 3. The SMILES string of the molecule is CCC1(CC)CCCNC1C(=O)O. The van der Waals surface area contributed by atoms with E-state index in [9.17, 15) is 4.79 Å². The monoisotopic (exact) mass is 185 g/mol. The second-order valence-electron chi connectivity index (χ2n) is 3.90. The molecule has 3 heteroatoms. The van der Waals surface area contributed by atoms with E-state index in [0.29, 0.717) is 0 Å². The molecule has 1 atom stereocenters. The molecule has 0 amide bonds. The molecule has 1 saturated heterocycles. The Morgan fingerprint density at radius 2 is 2.15 bits per heavy atom. The van der Waals surface area contributed by atoms with E-state index in [2.05, 4.69) is 19.2 Å². The fourth-order valence-corrected chi connectivity index (χ4v) is 2.41. The fraction of sp³-hybridized carbons (Fsp3) is 0.900. The van der Waals surface area contributed by atoms with E-state index in [-0.39, 0.29) is 11.5 Å². The Kier molecular flexibility index (Phi) is 3.31. The predicted octanol–water partition coefficient (Wildman–Crippen LogP) is 1.63. The lowest BCUT2D eigenvalue weighted by Gasteiger charge is -2.41. The van der Waals surface area contributed by atoms with Gasteiger partial charge in [-0.15, -0.1) is 0 Å². The summed E-state index contributed by atoms with van der Waals surface area (Å²) in [4.78, 5) is 11.0. The Morgan fingerprint density at radius 1 is 1.54 bits per heavy atom. The van der Waals surface area contributed by atoms with Crippen molar-refractivity contribution >= 4 is 5.97 Å². The Labute approximate surface area is 79.5 Å². The van der Waals surface area contributed by atoms with E-state index in [4.69, 9.17) is 5.11 Å². The molecule has 1 rings (SSSR count). The van der Waals surface area contributed by atoms with Gasteiger partial charge in [-0.25, -0.2) is 0 Å². The fourth-order valence-electron chi connectivity index (χ4n) is 2.41. The zero-order valence-electron chi connectivity index (χ0n) is 8.47. The Hall–Kier alpha value is -0.570. The molecule has 0 bridgehead atoms. The van der Waals surface area contributed by atoms with Crippen molar-refractivity contribution in [1.82, 2.24) is 5.32 Å². The summed E-state index contributed by atoms with van der Waals surface area (Å²) in [6, 6.07) is -0.337. The van der Waals surface area contributed by atoms with Crippen LogP contribution in [0.15, 0.2) is 0 Å². The van der Waals surface area contributed by atoms with E-state index in [0.717, 1.165) is 32.2 Å². The van der Waals surface area contributed by atoms with Gasteiger partial charge in [0.1, 0.15) is 6.04 Å². The van der Waals surface area contributed by atoms with Crippen LogP contribution < -0.4 is 5.32 Å². The molecular weight excluding hydrogens is 166 g/mol. The van der Waals surface area contributed by atoms with Crippen LogP contribution in [-0.4, -0.2) is 23.7 Å². The van der Waals surface area contributed by atoms with Gasteiger partial charge >= 0.3 is 5.97 Å². The molecule has 13 heavy (non-hydrogen) atoms. The maximum Gasteiger partial charge on any atom is 0.321 e. The van der Waals surface area contributed by atoms with Gasteiger partial charge in [0.2, 0.25) is 0 Å². The number of carboxylic acids is 1. The van der Waals surface area contributed by atoms with Crippen LogP contribution in [0.5, 0.6) is 0 Å². The standard InChI is InChI=1S/C10H19NO2/c1-3-10(4-2)6-5-7-11-8(10)9(12)13/h8,11H,3-7H2,1-2H3,(H,12,13). The minimum absolute atomic E-state index is 0.00984. The van der Waals surface area contributed by atoms with Gasteiger partial charge in [-0.2, -0.15) is 0 Å². The summed E-state index contributed by atoms with van der Waals surface area (Å²) in [6.45, 7) is 5.03. The molecule has 0 spiro atoms. The van der Waals surface area contributed by atoms with Crippen LogP contribution in [0.3, 0.4) is 0 Å². The molecule has 3 nitrogen and oxygen atoms in total. The minimum atomic E-state index is -0.691. The van der Waals surface area contributed by atoms with Crippen molar-refractivity contribution in [2.75, 3.05) is 6.54 Å². The Morgan fingerprint density at radius 3 is 2.54 bits per heavy atom. The van der Waals surface area contributed by atoms with Crippen LogP contribution in [0.25, 0.3) is 0 Å². The molecule has 0 saturated carbocycles. The first-order chi connectivity index (χ1) is 6.16. The highest BCUT2D eigenvalue weighted by molar-refractivity contribution is 5.74. The molecule has 1 aliphatic rings. The van der Waals surface area contributed by atoms with Crippen molar-refractivity contribution in [2.45, 2.75) is 45.6 Å². The number of piperidine rings is 1. The van der Waals surface area contributed by atoms with Crippen molar-refractivity contribution in [3.05, 3.63) is 0 Å². The van der Waals surface area contributed by atoms with Crippen molar-refractivity contribution in [1.29, 1.82) is 0 Å². The zero-order valence-corrected chi connectivity index (χ0v) is 8.47. The number of hydrogen-bond donors (Lipinski definition) is 2. The van der Waals surface area contributed by atoms with Gasteiger partial charge in [0.05, 0.1) is 0 Å². The van der Waals surface area contributed by atoms with Gasteiger partial charge < -0.3 is 10.4 Å². The predicted molar refractivity (Wildman–Crippen MR) is 51.7 cm³/mol. The van der Waals surface area contributed by atoms with Gasteiger partial charge in [-0.1, -0.05) is 13.8 Å². The maximum atomic E-state index is 11.0. The van der Waals surface area contributed by atoms with E-state index < -0.39 is 5.97 Å². The van der Waals surface area contributed by atoms with E-state index in [1.54, 1.807) is 0 Å². The minimum Gasteiger partial charge on any atom is -0.480 e. The lowest BCUT2D eigenvalue weighted by Crippen LogP contribution is -2.53. The molecule has 1 unspecified atom stereocenters. The first-order valence-electron chi connectivity index (χ1n) is 5.12. The summed E-state index contributed by atoms with van der Waals surface area (Å²) >= 11 is 0. The molecule has 0 aromatic rings. The molecule has 1 aliphatic heterocycles. The quantitative estimate of drug-likeness (QED) is 0.702. The van der Waals surface area contributed by atoms with Crippen molar-refractivity contribution in [3.63, 3.8) is 0 Å². The Bertz CT molecular complexity index is 187. The lowest BCUT2D eigenvalue weighted by atomic mass is 9.70. The summed E-state index contributed by atoms with van der Waals surface area (Å²) in [5.74, 6) is -0.691. The molecule has 76 valence electrons. The molecular formula is C10H19NO2. The number of aliphatic carboxylic acids is 1. The third-order valence-electron chi connectivity index (χ3n) is 3.47. The molecule has 0 aromatic carbocycles. The highest BCUT2D eigenvalue weighted by Gasteiger charge is 2.41. The highest BCUT2D eigenvalue weighted by Crippen LogP contribution is 2.38. The van der Waals surface area contributed by atoms with Crippen molar-refractivity contribution in [2.24, 2.45) is 5.41 Å². The van der Waals surface area contributed by atoms with E-state index in [1.165, 1.54) is 0 Å². The van der Waals surface area contributed by atoms with Crippen molar-refractivity contribution in [3.8, 4) is 0 Å². The number of nitrogens with one attached hydrogen (secondary N) is 1. The van der Waals surface area contributed by atoms with Crippen LogP contribution in [0, 0.1) is 5.41 Å². The maximum absolute atomic E-state index is 11.0. The number of carbonyl (C=O) groups is 1. The molecule has 2 N–H and O–H groups in total. The molecule has 1 heterocycles. The topological polar surface area (TPSA) is 49.3 Å². The molecule has 0 aliphatic carbocycles. The second kappa shape index (κ2) is 4.09. The second-order valence-corrected chi connectivity index (χ2v) is 3.90. The van der Waals surface area contributed by atoms with Crippen LogP contribution in [0.2, 0.25) is 0 Å². The lowest BCUT2D eigenvalue weighted by molar-refractivity contribution is -0.144. The van der Waals surface area contributed by atoms with Crippen molar-refractivity contribution < 1.29 is 9.90 Å².